The molecule has 2 rings (SSSR count). The normalized spacial score (nSPS) is 11.9. The topological polar surface area (TPSA) is 75.2 Å². The number of hydrogen-bond acceptors (Lipinski definition) is 10. The van der Waals surface area contributed by atoms with Crippen LogP contribution >= 0.6 is 23.5 Å². The van der Waals surface area contributed by atoms with Crippen molar-refractivity contribution in [2.45, 2.75) is 13.8 Å². The van der Waals surface area contributed by atoms with Crippen LogP contribution in [-0.4, -0.2) is 43.7 Å². The third-order valence-corrected chi connectivity index (χ3v) is 4.85. The maximum absolute atomic E-state index is 4.86. The third kappa shape index (κ3) is 13.5. The minimum atomic E-state index is 0. The van der Waals surface area contributed by atoms with Crippen molar-refractivity contribution in [3.05, 3.63) is 59.2 Å². The summed E-state index contributed by atoms with van der Waals surface area (Å²) in [7, 11) is 0. The summed E-state index contributed by atoms with van der Waals surface area (Å²) in [5, 5.41) is 15.2. The van der Waals surface area contributed by atoms with Crippen LogP contribution in [0.15, 0.2) is 56.8 Å². The quantitative estimate of drug-likeness (QED) is 0.203. The summed E-state index contributed by atoms with van der Waals surface area (Å²) >= 11 is 12.5. The maximum Gasteiger partial charge on any atom is 2.00 e. The van der Waals surface area contributed by atoms with Crippen molar-refractivity contribution >= 4 is 70.0 Å². The number of nitrogens with zero attached hydrogens (tertiary/aromatic N) is 6. The Labute approximate surface area is 202 Å². The van der Waals surface area contributed by atoms with Gasteiger partial charge in [0.05, 0.1) is 23.8 Å². The van der Waals surface area contributed by atoms with E-state index in [4.69, 9.17) is 25.3 Å². The van der Waals surface area contributed by atoms with Crippen molar-refractivity contribution in [2.24, 2.45) is 20.4 Å². The summed E-state index contributed by atoms with van der Waals surface area (Å²) in [5.41, 5.74) is 3.50. The second-order valence-electron chi connectivity index (χ2n) is 5.04. The van der Waals surface area contributed by atoms with E-state index in [1.807, 2.05) is 62.8 Å². The molecule has 6 nitrogen and oxygen atoms in total. The van der Waals surface area contributed by atoms with E-state index in [2.05, 4.69) is 30.4 Å². The van der Waals surface area contributed by atoms with E-state index < -0.39 is 0 Å². The van der Waals surface area contributed by atoms with Gasteiger partial charge in [0.2, 0.25) is 0 Å². The molecule has 0 aliphatic carbocycles. The fraction of sp³-hybridized carbons (Fsp3) is 0.222. The number of aryl methyl sites for hydroxylation is 2. The van der Waals surface area contributed by atoms with Crippen LogP contribution in [0.4, 0.5) is 0 Å². The van der Waals surface area contributed by atoms with E-state index in [0.717, 1.165) is 22.8 Å². The fourth-order valence-electron chi connectivity index (χ4n) is 1.62. The zero-order valence-electron chi connectivity index (χ0n) is 16.2. The fourth-order valence-corrected chi connectivity index (χ4v) is 1.98. The average molecular weight is 512 g/mol. The molecule has 0 aliphatic heterocycles. The molecule has 0 aliphatic rings. The Balaban J connectivity index is 0.000000523. The van der Waals surface area contributed by atoms with E-state index in [9.17, 15) is 0 Å². The first-order valence-corrected chi connectivity index (χ1v) is 11.2. The molecular weight excluding hydrogens is 492 g/mol. The van der Waals surface area contributed by atoms with Crippen LogP contribution in [0, 0.1) is 13.8 Å². The molecule has 0 saturated carbocycles. The average Bonchev–Trinajstić information content (AvgIpc) is 2.68. The molecule has 2 aromatic heterocycles. The van der Waals surface area contributed by atoms with Crippen LogP contribution in [0.3, 0.4) is 0 Å². The summed E-state index contributed by atoms with van der Waals surface area (Å²) in [5.74, 6) is 0. The molecule has 0 aromatic carbocycles. The van der Waals surface area contributed by atoms with Gasteiger partial charge in [-0.3, -0.25) is 9.97 Å². The second-order valence-corrected chi connectivity index (χ2v) is 7.92. The first-order chi connectivity index (χ1) is 13.4. The van der Waals surface area contributed by atoms with E-state index in [0.29, 0.717) is 8.75 Å². The standard InChI is InChI=1S/2C9H11N3S2.Cu/c2*1-7-4-3-5-8(11-7)6-10-12-9(13)14-2;/h2*3-6H,1-2H3,(H,12,13);/q;;+2/p-2/b2*10-6+;. The molecule has 0 fully saturated rings. The Hall–Kier alpha value is -1.36. The van der Waals surface area contributed by atoms with Gasteiger partial charge in [0.15, 0.2) is 0 Å². The Morgan fingerprint density at radius 1 is 0.793 bits per heavy atom. The van der Waals surface area contributed by atoms with Crippen molar-refractivity contribution in [1.29, 1.82) is 0 Å². The number of hydrogen-bond donors (Lipinski definition) is 0. The molecule has 0 amide bonds. The van der Waals surface area contributed by atoms with Crippen molar-refractivity contribution in [3.8, 4) is 0 Å². The Morgan fingerprint density at radius 3 is 1.48 bits per heavy atom. The Morgan fingerprint density at radius 2 is 1.17 bits per heavy atom. The molecular formula is C18H20CuN6S4. The molecule has 1 radical (unpaired) electrons. The third-order valence-electron chi connectivity index (χ3n) is 2.83. The van der Waals surface area contributed by atoms with Crippen LogP contribution < -0.4 is 0 Å². The van der Waals surface area contributed by atoms with Gasteiger partial charge in [0, 0.05) is 11.4 Å². The van der Waals surface area contributed by atoms with Gasteiger partial charge in [0.1, 0.15) is 0 Å². The van der Waals surface area contributed by atoms with Crippen LogP contribution in [0.5, 0.6) is 0 Å². The first kappa shape index (κ1) is 27.6. The van der Waals surface area contributed by atoms with Gasteiger partial charge in [-0.2, -0.15) is 20.4 Å². The first-order valence-electron chi connectivity index (χ1n) is 7.96. The number of pyridine rings is 2. The molecule has 29 heavy (non-hydrogen) atoms. The summed E-state index contributed by atoms with van der Waals surface area (Å²) in [6, 6.07) is 11.5. The zero-order chi connectivity index (χ0) is 20.8. The molecule has 0 saturated heterocycles. The molecule has 157 valence electrons. The van der Waals surface area contributed by atoms with Gasteiger partial charge in [0.25, 0.3) is 0 Å². The largest absolute Gasteiger partial charge is 2.00 e. The molecule has 0 bridgehead atoms. The van der Waals surface area contributed by atoms with Gasteiger partial charge in [-0.15, -0.1) is 23.5 Å². The molecule has 0 atom stereocenters. The van der Waals surface area contributed by atoms with Crippen LogP contribution in [0.1, 0.15) is 22.8 Å². The Bertz CT molecular complexity index is 799. The molecule has 2 heterocycles. The van der Waals surface area contributed by atoms with Gasteiger partial charge in [-0.25, -0.2) is 0 Å². The minimum Gasteiger partial charge on any atom is -0.752 e. The molecule has 0 unspecified atom stereocenters. The monoisotopic (exact) mass is 511 g/mol. The predicted molar refractivity (Wildman–Crippen MR) is 130 cm³/mol. The van der Waals surface area contributed by atoms with Crippen molar-refractivity contribution in [1.82, 2.24) is 9.97 Å². The second kappa shape index (κ2) is 16.4. The predicted octanol–water partition coefficient (Wildman–Crippen LogP) is 3.98. The van der Waals surface area contributed by atoms with Gasteiger partial charge in [-0.1, -0.05) is 12.1 Å². The van der Waals surface area contributed by atoms with Crippen LogP contribution in [0.2, 0.25) is 0 Å². The number of rotatable bonds is 4. The molecule has 2 aromatic rings. The summed E-state index contributed by atoms with van der Waals surface area (Å²) in [6.45, 7) is 3.86. The minimum absolute atomic E-state index is 0. The summed E-state index contributed by atoms with van der Waals surface area (Å²) < 4.78 is 1.04. The molecule has 0 spiro atoms. The molecule has 0 N–H and O–H groups in total. The maximum atomic E-state index is 4.86. The van der Waals surface area contributed by atoms with Crippen molar-refractivity contribution < 1.29 is 17.1 Å². The van der Waals surface area contributed by atoms with E-state index in [1.54, 1.807) is 12.4 Å². The molecule has 11 heteroatoms. The number of aromatic nitrogens is 2. The van der Waals surface area contributed by atoms with Gasteiger partial charge < -0.3 is 25.3 Å². The van der Waals surface area contributed by atoms with Crippen molar-refractivity contribution in [2.75, 3.05) is 12.5 Å². The van der Waals surface area contributed by atoms with Crippen molar-refractivity contribution in [3.63, 3.8) is 0 Å². The Kier molecular flexibility index (Phi) is 15.7. The summed E-state index contributed by atoms with van der Waals surface area (Å²) in [4.78, 5) is 8.47. The summed E-state index contributed by atoms with van der Waals surface area (Å²) in [6.07, 6.45) is 6.92. The van der Waals surface area contributed by atoms with E-state index >= 15 is 0 Å². The SMILES string of the molecule is CS/C([S-])=N/N=C/c1cccc(C)n1.CS/C([S-])=N/N=C/c1cccc(C)n1.[Cu+2]. The van der Waals surface area contributed by atoms with Crippen LogP contribution in [0.25, 0.3) is 0 Å². The zero-order valence-corrected chi connectivity index (χ0v) is 20.4. The number of thioether (sulfide) groups is 2. The van der Waals surface area contributed by atoms with Crippen LogP contribution in [-0.2, 0) is 42.3 Å². The van der Waals surface area contributed by atoms with E-state index in [-0.39, 0.29) is 17.1 Å². The smallest absolute Gasteiger partial charge is 0.752 e. The van der Waals surface area contributed by atoms with E-state index in [1.165, 1.54) is 23.5 Å². The van der Waals surface area contributed by atoms with Gasteiger partial charge >= 0.3 is 17.1 Å². The van der Waals surface area contributed by atoms with Gasteiger partial charge in [-0.05, 0) is 59.4 Å².